The molecule has 1 N–H and O–H groups in total. The maximum Gasteiger partial charge on any atom is 0.303 e. The van der Waals surface area contributed by atoms with E-state index < -0.39 is 5.97 Å². The van der Waals surface area contributed by atoms with Crippen LogP contribution in [0.2, 0.25) is 0 Å². The van der Waals surface area contributed by atoms with Crippen LogP contribution in [0.5, 0.6) is 11.5 Å². The molecule has 1 aromatic carbocycles. The van der Waals surface area contributed by atoms with E-state index in [1.165, 1.54) is 0 Å². The number of carboxylic acids is 1. The van der Waals surface area contributed by atoms with Gasteiger partial charge in [-0.15, -0.1) is 0 Å². The Kier molecular flexibility index (Phi) is 2.81. The lowest BCUT2D eigenvalue weighted by Crippen LogP contribution is -2.15. The highest BCUT2D eigenvalue weighted by Crippen LogP contribution is 2.36. The smallest absolute Gasteiger partial charge is 0.303 e. The second kappa shape index (κ2) is 4.50. The molecule has 0 bridgehead atoms. The maximum absolute atomic E-state index is 10.7. The van der Waals surface area contributed by atoms with Crippen LogP contribution in [-0.2, 0) is 18.3 Å². The van der Waals surface area contributed by atoms with Crippen LogP contribution < -0.4 is 9.47 Å². The van der Waals surface area contributed by atoms with Crippen LogP contribution in [0.3, 0.4) is 0 Å². The number of aryl methyl sites for hydroxylation is 2. The molecule has 0 atom stereocenters. The Morgan fingerprint density at radius 3 is 2.68 bits per heavy atom. The van der Waals surface area contributed by atoms with E-state index in [1.54, 1.807) is 0 Å². The number of benzene rings is 1. The quantitative estimate of drug-likeness (QED) is 0.917. The summed E-state index contributed by atoms with van der Waals surface area (Å²) in [4.78, 5) is 10.7. The Hall–Kier alpha value is -2.17. The van der Waals surface area contributed by atoms with Crippen molar-refractivity contribution < 1.29 is 19.4 Å². The van der Waals surface area contributed by atoms with Crippen molar-refractivity contribution in [3.8, 4) is 11.5 Å². The van der Waals surface area contributed by atoms with Gasteiger partial charge in [0.15, 0.2) is 11.5 Å². The molecule has 0 fully saturated rings. The average Bonchev–Trinajstić information content (AvgIpc) is 2.70. The molecule has 2 aromatic rings. The molecule has 0 saturated heterocycles. The molecule has 1 aliphatic rings. The Bertz CT molecular complexity index is 644. The van der Waals surface area contributed by atoms with E-state index in [-0.39, 0.29) is 6.42 Å². The molecule has 0 saturated carbocycles. The number of aliphatic carboxylic acids is 1. The van der Waals surface area contributed by atoms with Crippen molar-refractivity contribution in [2.45, 2.75) is 12.8 Å². The van der Waals surface area contributed by atoms with Gasteiger partial charge in [0.25, 0.3) is 0 Å². The average molecular weight is 261 g/mol. The first-order valence-electron chi connectivity index (χ1n) is 6.24. The van der Waals surface area contributed by atoms with Gasteiger partial charge in [-0.3, -0.25) is 4.79 Å². The van der Waals surface area contributed by atoms with Crippen LogP contribution in [0, 0.1) is 0 Å². The zero-order valence-electron chi connectivity index (χ0n) is 10.7. The minimum atomic E-state index is -0.783. The van der Waals surface area contributed by atoms with Gasteiger partial charge >= 0.3 is 5.97 Å². The number of carbonyl (C=O) groups is 1. The summed E-state index contributed by atoms with van der Waals surface area (Å²) in [5, 5.41) is 9.83. The van der Waals surface area contributed by atoms with Gasteiger partial charge in [0.1, 0.15) is 13.2 Å². The number of aromatic nitrogens is 1. The second-order valence-electron chi connectivity index (χ2n) is 4.67. The fourth-order valence-electron chi connectivity index (χ4n) is 2.44. The van der Waals surface area contributed by atoms with Crippen LogP contribution in [0.25, 0.3) is 10.9 Å². The summed E-state index contributed by atoms with van der Waals surface area (Å²) >= 11 is 0. The Balaban J connectivity index is 2.06. The lowest BCUT2D eigenvalue weighted by Gasteiger charge is -2.18. The molecule has 2 heterocycles. The van der Waals surface area contributed by atoms with Crippen LogP contribution in [-0.4, -0.2) is 28.9 Å². The highest BCUT2D eigenvalue weighted by Gasteiger charge is 2.16. The minimum absolute atomic E-state index is 0.132. The molecule has 3 rings (SSSR count). The van der Waals surface area contributed by atoms with E-state index >= 15 is 0 Å². The maximum atomic E-state index is 10.7. The van der Waals surface area contributed by atoms with Crippen LogP contribution in [0.15, 0.2) is 18.3 Å². The van der Waals surface area contributed by atoms with Gasteiger partial charge in [0.2, 0.25) is 0 Å². The predicted molar refractivity (Wildman–Crippen MR) is 69.9 cm³/mol. The van der Waals surface area contributed by atoms with Gasteiger partial charge in [-0.05, 0) is 18.1 Å². The zero-order valence-corrected chi connectivity index (χ0v) is 10.7. The molecule has 0 spiro atoms. The van der Waals surface area contributed by atoms with Crippen molar-refractivity contribution in [1.29, 1.82) is 0 Å². The highest BCUT2D eigenvalue weighted by molar-refractivity contribution is 5.88. The molecule has 0 radical (unpaired) electrons. The summed E-state index contributed by atoms with van der Waals surface area (Å²) in [5.41, 5.74) is 2.06. The number of ether oxygens (including phenoxy) is 2. The predicted octanol–water partition coefficient (Wildman–Crippen LogP) is 1.97. The number of carboxylic acid groups (broad SMARTS) is 1. The number of fused-ring (bicyclic) bond motifs is 2. The summed E-state index contributed by atoms with van der Waals surface area (Å²) < 4.78 is 13.1. The first kappa shape index (κ1) is 11.9. The summed E-state index contributed by atoms with van der Waals surface area (Å²) in [6, 6.07) is 3.90. The standard InChI is InChI=1S/C14H15NO4/c1-15-8-9(2-3-14(16)17)10-6-12-13(7-11(10)15)19-5-4-18-12/h6-8H,2-5H2,1H3,(H,16,17). The number of nitrogens with zero attached hydrogens (tertiary/aromatic N) is 1. The first-order chi connectivity index (χ1) is 9.15. The van der Waals surface area contributed by atoms with Crippen molar-refractivity contribution in [3.63, 3.8) is 0 Å². The Morgan fingerprint density at radius 1 is 1.32 bits per heavy atom. The Morgan fingerprint density at radius 2 is 2.00 bits per heavy atom. The molecule has 5 nitrogen and oxygen atoms in total. The molecule has 0 amide bonds. The second-order valence-corrected chi connectivity index (χ2v) is 4.67. The number of hydrogen-bond acceptors (Lipinski definition) is 3. The van der Waals surface area contributed by atoms with E-state index in [4.69, 9.17) is 14.6 Å². The van der Waals surface area contributed by atoms with E-state index in [1.807, 2.05) is 29.9 Å². The molecular weight excluding hydrogens is 246 g/mol. The van der Waals surface area contributed by atoms with Crippen molar-refractivity contribution >= 4 is 16.9 Å². The monoisotopic (exact) mass is 261 g/mol. The lowest BCUT2D eigenvalue weighted by atomic mass is 10.1. The van der Waals surface area contributed by atoms with Gasteiger partial charge in [-0.1, -0.05) is 0 Å². The largest absolute Gasteiger partial charge is 0.486 e. The molecule has 19 heavy (non-hydrogen) atoms. The highest BCUT2D eigenvalue weighted by atomic mass is 16.6. The van der Waals surface area contributed by atoms with E-state index in [0.29, 0.717) is 19.6 Å². The van der Waals surface area contributed by atoms with Crippen molar-refractivity contribution in [2.75, 3.05) is 13.2 Å². The summed E-state index contributed by atoms with van der Waals surface area (Å²) in [6.45, 7) is 1.12. The zero-order chi connectivity index (χ0) is 13.4. The van der Waals surface area contributed by atoms with Crippen molar-refractivity contribution in [1.82, 2.24) is 4.57 Å². The lowest BCUT2D eigenvalue weighted by molar-refractivity contribution is -0.136. The third-order valence-corrected chi connectivity index (χ3v) is 3.34. The molecule has 1 aromatic heterocycles. The van der Waals surface area contributed by atoms with Gasteiger partial charge in [0.05, 0.1) is 5.52 Å². The SMILES string of the molecule is Cn1cc(CCC(=O)O)c2cc3c(cc21)OCCO3. The molecule has 1 aliphatic heterocycles. The van der Waals surface area contributed by atoms with Gasteiger partial charge in [-0.2, -0.15) is 0 Å². The normalized spacial score (nSPS) is 13.7. The summed E-state index contributed by atoms with van der Waals surface area (Å²) in [7, 11) is 1.95. The molecular formula is C14H15NO4. The first-order valence-corrected chi connectivity index (χ1v) is 6.24. The van der Waals surface area contributed by atoms with Gasteiger partial charge in [-0.25, -0.2) is 0 Å². The summed E-state index contributed by atoms with van der Waals surface area (Å²) in [6.07, 6.45) is 2.62. The third kappa shape index (κ3) is 2.12. The molecule has 100 valence electrons. The summed E-state index contributed by atoms with van der Waals surface area (Å²) in [5.74, 6) is 0.709. The van der Waals surface area contributed by atoms with Crippen LogP contribution >= 0.6 is 0 Å². The molecule has 0 aliphatic carbocycles. The fraction of sp³-hybridized carbons (Fsp3) is 0.357. The van der Waals surface area contributed by atoms with Gasteiger partial charge < -0.3 is 19.1 Å². The molecule has 0 unspecified atom stereocenters. The molecule has 5 heteroatoms. The third-order valence-electron chi connectivity index (χ3n) is 3.34. The van der Waals surface area contributed by atoms with E-state index in [0.717, 1.165) is 28.0 Å². The van der Waals surface area contributed by atoms with Crippen molar-refractivity contribution in [2.24, 2.45) is 7.05 Å². The number of rotatable bonds is 3. The van der Waals surface area contributed by atoms with Crippen LogP contribution in [0.1, 0.15) is 12.0 Å². The topological polar surface area (TPSA) is 60.7 Å². The van der Waals surface area contributed by atoms with Crippen molar-refractivity contribution in [3.05, 3.63) is 23.9 Å². The van der Waals surface area contributed by atoms with E-state index in [9.17, 15) is 4.79 Å². The fourth-order valence-corrected chi connectivity index (χ4v) is 2.44. The van der Waals surface area contributed by atoms with E-state index in [2.05, 4.69) is 0 Å². The Labute approximate surface area is 110 Å². The number of hydrogen-bond donors (Lipinski definition) is 1. The minimum Gasteiger partial charge on any atom is -0.486 e. The van der Waals surface area contributed by atoms with Crippen LogP contribution in [0.4, 0.5) is 0 Å². The van der Waals surface area contributed by atoms with Gasteiger partial charge in [0, 0.05) is 31.1 Å².